The molecular weight excluding hydrogens is 363 g/mol. The first kappa shape index (κ1) is 15.7. The van der Waals surface area contributed by atoms with Gasteiger partial charge in [0.05, 0.1) is 12.2 Å². The van der Waals surface area contributed by atoms with Gasteiger partial charge in [0, 0.05) is 17.5 Å². The van der Waals surface area contributed by atoms with E-state index in [1.165, 1.54) is 0 Å². The van der Waals surface area contributed by atoms with Crippen molar-refractivity contribution in [2.45, 2.75) is 13.3 Å². The summed E-state index contributed by atoms with van der Waals surface area (Å²) in [6.45, 7) is 3.16. The van der Waals surface area contributed by atoms with Crippen LogP contribution in [0.3, 0.4) is 0 Å². The van der Waals surface area contributed by atoms with Gasteiger partial charge in [0.2, 0.25) is 0 Å². The van der Waals surface area contributed by atoms with Crippen LogP contribution in [0.2, 0.25) is 10.3 Å². The van der Waals surface area contributed by atoms with E-state index in [1.807, 2.05) is 31.2 Å². The quantitative estimate of drug-likeness (QED) is 0.556. The summed E-state index contributed by atoms with van der Waals surface area (Å²) in [6.07, 6.45) is 0.589. The number of hydrogen-bond acceptors (Lipinski definition) is 3. The van der Waals surface area contributed by atoms with Crippen LogP contribution < -0.4 is 0 Å². The minimum atomic E-state index is 0.356. The Bertz CT molecular complexity index is 584. The Labute approximate surface area is 136 Å². The van der Waals surface area contributed by atoms with Crippen molar-refractivity contribution in [2.24, 2.45) is 0 Å². The van der Waals surface area contributed by atoms with E-state index in [4.69, 9.17) is 27.9 Å². The maximum atomic E-state index is 6.24. The van der Waals surface area contributed by atoms with Crippen molar-refractivity contribution in [3.05, 3.63) is 44.9 Å². The predicted octanol–water partition coefficient (Wildman–Crippen LogP) is 4.79. The summed E-state index contributed by atoms with van der Waals surface area (Å²) >= 11 is 15.9. The maximum Gasteiger partial charge on any atom is 0.142 e. The van der Waals surface area contributed by atoms with E-state index in [9.17, 15) is 0 Å². The highest BCUT2D eigenvalue weighted by Crippen LogP contribution is 2.33. The fourth-order valence-corrected chi connectivity index (χ4v) is 2.79. The highest BCUT2D eigenvalue weighted by molar-refractivity contribution is 9.10. The molecule has 1 aromatic carbocycles. The average molecular weight is 376 g/mol. The van der Waals surface area contributed by atoms with Crippen LogP contribution in [-0.2, 0) is 11.2 Å². The largest absolute Gasteiger partial charge is 0.381 e. The first-order chi connectivity index (χ1) is 9.61. The first-order valence-corrected chi connectivity index (χ1v) is 7.72. The third-order valence-electron chi connectivity index (χ3n) is 2.65. The number of hydrogen-bond donors (Lipinski definition) is 0. The molecule has 0 amide bonds. The van der Waals surface area contributed by atoms with Crippen molar-refractivity contribution in [1.82, 2.24) is 9.97 Å². The van der Waals surface area contributed by atoms with Gasteiger partial charge in [0.1, 0.15) is 16.1 Å². The molecule has 0 aliphatic rings. The molecule has 0 spiro atoms. The van der Waals surface area contributed by atoms with Crippen molar-refractivity contribution >= 4 is 39.1 Å². The molecule has 0 saturated heterocycles. The topological polar surface area (TPSA) is 35.0 Å². The molecule has 20 heavy (non-hydrogen) atoms. The van der Waals surface area contributed by atoms with Gasteiger partial charge < -0.3 is 4.74 Å². The van der Waals surface area contributed by atoms with Crippen LogP contribution in [0.25, 0.3) is 11.1 Å². The van der Waals surface area contributed by atoms with Crippen LogP contribution in [0.15, 0.2) is 28.7 Å². The molecule has 1 aromatic heterocycles. The van der Waals surface area contributed by atoms with Crippen molar-refractivity contribution in [2.75, 3.05) is 13.2 Å². The van der Waals surface area contributed by atoms with Crippen molar-refractivity contribution in [3.8, 4) is 11.1 Å². The van der Waals surface area contributed by atoms with Crippen molar-refractivity contribution in [1.29, 1.82) is 0 Å². The molecule has 0 radical (unpaired) electrons. The Morgan fingerprint density at radius 1 is 1.20 bits per heavy atom. The summed E-state index contributed by atoms with van der Waals surface area (Å²) in [5, 5.41) is 0.712. The Morgan fingerprint density at radius 2 is 1.90 bits per heavy atom. The van der Waals surface area contributed by atoms with Crippen LogP contribution in [0.4, 0.5) is 0 Å². The van der Waals surface area contributed by atoms with Gasteiger partial charge in [-0.2, -0.15) is 0 Å². The van der Waals surface area contributed by atoms with Gasteiger partial charge in [0.15, 0.2) is 0 Å². The minimum absolute atomic E-state index is 0.356. The zero-order valence-corrected chi connectivity index (χ0v) is 14.0. The third-order valence-corrected chi connectivity index (χ3v) is 3.69. The molecule has 1 heterocycles. The highest BCUT2D eigenvalue weighted by Gasteiger charge is 2.13. The molecule has 106 valence electrons. The van der Waals surface area contributed by atoms with Gasteiger partial charge in [-0.25, -0.2) is 9.97 Å². The van der Waals surface area contributed by atoms with Crippen LogP contribution in [0.5, 0.6) is 0 Å². The minimum Gasteiger partial charge on any atom is -0.381 e. The normalized spacial score (nSPS) is 10.8. The molecule has 0 fully saturated rings. The van der Waals surface area contributed by atoms with Gasteiger partial charge in [-0.1, -0.05) is 51.3 Å². The SMILES string of the molecule is CCOCCc1nc(Cl)c(-c2cccc(Br)c2)c(Cl)n1. The first-order valence-electron chi connectivity index (χ1n) is 6.17. The van der Waals surface area contributed by atoms with Gasteiger partial charge in [-0.15, -0.1) is 0 Å². The smallest absolute Gasteiger partial charge is 0.142 e. The third kappa shape index (κ3) is 3.92. The van der Waals surface area contributed by atoms with Crippen molar-refractivity contribution < 1.29 is 4.74 Å². The molecule has 0 aliphatic heterocycles. The van der Waals surface area contributed by atoms with Crippen LogP contribution >= 0.6 is 39.1 Å². The molecule has 0 bridgehead atoms. The second-order valence-electron chi connectivity index (χ2n) is 4.05. The molecule has 2 rings (SSSR count). The highest BCUT2D eigenvalue weighted by atomic mass is 79.9. The van der Waals surface area contributed by atoms with E-state index >= 15 is 0 Å². The molecule has 0 aliphatic carbocycles. The van der Waals surface area contributed by atoms with Crippen LogP contribution in [-0.4, -0.2) is 23.2 Å². The molecule has 0 unspecified atom stereocenters. The second kappa shape index (κ2) is 7.36. The summed E-state index contributed by atoms with van der Waals surface area (Å²) in [7, 11) is 0. The van der Waals surface area contributed by atoms with Gasteiger partial charge >= 0.3 is 0 Å². The zero-order chi connectivity index (χ0) is 14.5. The summed E-state index contributed by atoms with van der Waals surface area (Å²) in [4.78, 5) is 8.57. The van der Waals surface area contributed by atoms with Gasteiger partial charge in [-0.05, 0) is 24.6 Å². The number of aromatic nitrogens is 2. The summed E-state index contributed by atoms with van der Waals surface area (Å²) in [6, 6.07) is 7.69. The number of rotatable bonds is 5. The van der Waals surface area contributed by atoms with Crippen LogP contribution in [0.1, 0.15) is 12.7 Å². The molecule has 0 saturated carbocycles. The molecule has 2 aromatic rings. The lowest BCUT2D eigenvalue weighted by Gasteiger charge is -2.09. The van der Waals surface area contributed by atoms with E-state index in [1.54, 1.807) is 0 Å². The van der Waals surface area contributed by atoms with E-state index in [0.29, 0.717) is 41.3 Å². The Morgan fingerprint density at radius 3 is 2.50 bits per heavy atom. The van der Waals surface area contributed by atoms with Crippen LogP contribution in [0, 0.1) is 0 Å². The summed E-state index contributed by atoms with van der Waals surface area (Å²) in [5.74, 6) is 0.590. The molecule has 3 nitrogen and oxygen atoms in total. The Balaban J connectivity index is 2.31. The Kier molecular flexibility index (Phi) is 5.78. The number of ether oxygens (including phenoxy) is 1. The molecule has 0 atom stereocenters. The van der Waals surface area contributed by atoms with Gasteiger partial charge in [0.25, 0.3) is 0 Å². The Hall–Kier alpha value is -0.680. The van der Waals surface area contributed by atoms with E-state index < -0.39 is 0 Å². The molecule has 6 heteroatoms. The fourth-order valence-electron chi connectivity index (χ4n) is 1.75. The number of nitrogens with zero attached hydrogens (tertiary/aromatic N) is 2. The summed E-state index contributed by atoms with van der Waals surface area (Å²) in [5.41, 5.74) is 1.53. The lowest BCUT2D eigenvalue weighted by atomic mass is 10.1. The molecular formula is C14H13BrCl2N2O. The number of benzene rings is 1. The maximum absolute atomic E-state index is 6.24. The monoisotopic (exact) mass is 374 g/mol. The molecule has 0 N–H and O–H groups in total. The lowest BCUT2D eigenvalue weighted by Crippen LogP contribution is -2.04. The second-order valence-corrected chi connectivity index (χ2v) is 5.69. The fraction of sp³-hybridized carbons (Fsp3) is 0.286. The van der Waals surface area contributed by atoms with Gasteiger partial charge in [-0.3, -0.25) is 0 Å². The summed E-state index contributed by atoms with van der Waals surface area (Å²) < 4.78 is 6.22. The van der Waals surface area contributed by atoms with Crippen molar-refractivity contribution in [3.63, 3.8) is 0 Å². The van der Waals surface area contributed by atoms with E-state index in [2.05, 4.69) is 25.9 Å². The predicted molar refractivity (Wildman–Crippen MR) is 85.4 cm³/mol. The lowest BCUT2D eigenvalue weighted by molar-refractivity contribution is 0.149. The number of halogens is 3. The zero-order valence-electron chi connectivity index (χ0n) is 10.9. The van der Waals surface area contributed by atoms with E-state index in [-0.39, 0.29) is 0 Å². The standard InChI is InChI=1S/C14H13BrCl2N2O/c1-2-20-7-6-11-18-13(16)12(14(17)19-11)9-4-3-5-10(15)8-9/h3-5,8H,2,6-7H2,1H3. The van der Waals surface area contributed by atoms with E-state index in [0.717, 1.165) is 10.0 Å². The average Bonchev–Trinajstić information content (AvgIpc) is 2.38.